The average Bonchev–Trinajstić information content (AvgIpc) is 2.84. The fourth-order valence-corrected chi connectivity index (χ4v) is 4.78. The summed E-state index contributed by atoms with van der Waals surface area (Å²) >= 11 is 25.3. The van der Waals surface area contributed by atoms with Crippen LogP contribution in [0.1, 0.15) is 13.8 Å². The summed E-state index contributed by atoms with van der Waals surface area (Å²) in [6, 6.07) is 14.0. The van der Waals surface area contributed by atoms with Gasteiger partial charge in [0.2, 0.25) is 5.91 Å². The predicted octanol–water partition coefficient (Wildman–Crippen LogP) is 6.93. The summed E-state index contributed by atoms with van der Waals surface area (Å²) in [6.07, 6.45) is 0. The van der Waals surface area contributed by atoms with E-state index in [-0.39, 0.29) is 16.6 Å². The van der Waals surface area contributed by atoms with E-state index in [2.05, 4.69) is 5.32 Å². The van der Waals surface area contributed by atoms with Gasteiger partial charge in [-0.3, -0.25) is 14.2 Å². The zero-order valence-corrected chi connectivity index (χ0v) is 22.3. The summed E-state index contributed by atoms with van der Waals surface area (Å²) in [5, 5.41) is 13.5. The normalized spacial score (nSPS) is 11.3. The van der Waals surface area contributed by atoms with Crippen LogP contribution in [0.3, 0.4) is 0 Å². The molecule has 0 bridgehead atoms. The summed E-state index contributed by atoms with van der Waals surface area (Å²) in [7, 11) is 0. The van der Waals surface area contributed by atoms with Crippen molar-refractivity contribution in [3.05, 3.63) is 79.0 Å². The Morgan fingerprint density at radius 2 is 1.67 bits per heavy atom. The van der Waals surface area contributed by atoms with Crippen molar-refractivity contribution in [3.63, 3.8) is 0 Å². The van der Waals surface area contributed by atoms with Crippen LogP contribution in [0.2, 0.25) is 20.1 Å². The van der Waals surface area contributed by atoms with E-state index in [1.54, 1.807) is 36.4 Å². The van der Waals surface area contributed by atoms with Gasteiger partial charge < -0.3 is 10.4 Å². The summed E-state index contributed by atoms with van der Waals surface area (Å²) in [5.41, 5.74) is 2.42. The zero-order valence-electron chi connectivity index (χ0n) is 19.3. The third-order valence-corrected chi connectivity index (χ3v) is 6.63. The summed E-state index contributed by atoms with van der Waals surface area (Å²) < 4.78 is 1.48. The van der Waals surface area contributed by atoms with Crippen LogP contribution in [-0.4, -0.2) is 27.2 Å². The molecule has 4 rings (SSSR count). The first kappa shape index (κ1) is 26.5. The highest BCUT2D eigenvalue weighted by Crippen LogP contribution is 2.40. The number of hydrogen-bond donors (Lipinski definition) is 2. The number of carbonyl (C=O) groups is 1. The van der Waals surface area contributed by atoms with Gasteiger partial charge in [-0.1, -0.05) is 72.4 Å². The Labute approximate surface area is 227 Å². The number of aliphatic hydroxyl groups excluding tert-OH is 1. The molecule has 10 heteroatoms. The molecule has 186 valence electrons. The first-order valence-corrected chi connectivity index (χ1v) is 12.5. The van der Waals surface area contributed by atoms with E-state index in [0.717, 1.165) is 5.56 Å². The van der Waals surface area contributed by atoms with Crippen LogP contribution in [0.5, 0.6) is 0 Å². The van der Waals surface area contributed by atoms with Crippen LogP contribution < -0.4 is 10.9 Å². The molecule has 6 nitrogen and oxygen atoms in total. The first-order valence-electron chi connectivity index (χ1n) is 11.0. The van der Waals surface area contributed by atoms with Crippen LogP contribution in [0, 0.1) is 5.92 Å². The van der Waals surface area contributed by atoms with E-state index >= 15 is 0 Å². The highest BCUT2D eigenvalue weighted by atomic mass is 35.5. The third-order valence-electron chi connectivity index (χ3n) is 5.48. The second kappa shape index (κ2) is 10.8. The molecular formula is C26H21Cl4N3O3. The Kier molecular flexibility index (Phi) is 7.93. The Balaban J connectivity index is 2.17. The molecule has 2 heterocycles. The molecule has 2 aromatic heterocycles. The quantitative estimate of drug-likeness (QED) is 0.266. The van der Waals surface area contributed by atoms with E-state index < -0.39 is 18.1 Å². The third kappa shape index (κ3) is 5.24. The van der Waals surface area contributed by atoms with Gasteiger partial charge in [0.15, 0.2) is 0 Å². The fourth-order valence-electron chi connectivity index (χ4n) is 3.91. The van der Waals surface area contributed by atoms with Crippen molar-refractivity contribution in [3.8, 4) is 22.4 Å². The van der Waals surface area contributed by atoms with Crippen molar-refractivity contribution in [2.75, 3.05) is 11.9 Å². The lowest BCUT2D eigenvalue weighted by Gasteiger charge is -2.20. The molecule has 0 saturated carbocycles. The standard InChI is InChI=1S/C26H21Cl4N3O3/c1-13(2)11-33-25-19(24(22(30)26(33)36)31-21(35)12-34)10-18(14-3-5-15(27)6-4-14)23(32-25)17-8-7-16(28)9-20(17)29/h3-10,13,34H,11-12H2,1-2H3,(H,31,35). The number of nitrogens with zero attached hydrogens (tertiary/aromatic N) is 2. The topological polar surface area (TPSA) is 84.2 Å². The van der Waals surface area contributed by atoms with Crippen molar-refractivity contribution >= 4 is 69.0 Å². The number of rotatable bonds is 6. The van der Waals surface area contributed by atoms with Crippen LogP contribution >= 0.6 is 46.4 Å². The second-order valence-corrected chi connectivity index (χ2v) is 10.2. The lowest BCUT2D eigenvalue weighted by atomic mass is 9.97. The maximum Gasteiger partial charge on any atom is 0.273 e. The maximum absolute atomic E-state index is 13.3. The molecule has 0 radical (unpaired) electrons. The minimum absolute atomic E-state index is 0.0761. The molecule has 0 fully saturated rings. The van der Waals surface area contributed by atoms with Gasteiger partial charge >= 0.3 is 0 Å². The molecule has 1 amide bonds. The molecule has 0 saturated heterocycles. The zero-order chi connectivity index (χ0) is 26.1. The van der Waals surface area contributed by atoms with Crippen molar-refractivity contribution in [2.24, 2.45) is 5.92 Å². The molecule has 0 aliphatic heterocycles. The first-order chi connectivity index (χ1) is 17.1. The van der Waals surface area contributed by atoms with Gasteiger partial charge in [0.25, 0.3) is 5.56 Å². The van der Waals surface area contributed by atoms with Crippen LogP contribution in [0.4, 0.5) is 5.69 Å². The Morgan fingerprint density at radius 1 is 1.00 bits per heavy atom. The summed E-state index contributed by atoms with van der Waals surface area (Å²) in [6.45, 7) is 3.49. The smallest absolute Gasteiger partial charge is 0.273 e. The molecule has 2 N–H and O–H groups in total. The van der Waals surface area contributed by atoms with Crippen LogP contribution in [0.15, 0.2) is 53.3 Å². The number of pyridine rings is 2. The number of halogens is 4. The number of hydrogen-bond acceptors (Lipinski definition) is 4. The predicted molar refractivity (Wildman–Crippen MR) is 147 cm³/mol. The lowest BCUT2D eigenvalue weighted by Crippen LogP contribution is -2.27. The molecule has 0 unspecified atom stereocenters. The van der Waals surface area contributed by atoms with E-state index in [1.807, 2.05) is 26.0 Å². The minimum Gasteiger partial charge on any atom is -0.387 e. The number of amides is 1. The summed E-state index contributed by atoms with van der Waals surface area (Å²) in [4.78, 5) is 30.3. The average molecular weight is 565 g/mol. The van der Waals surface area contributed by atoms with E-state index in [9.17, 15) is 14.7 Å². The number of carbonyl (C=O) groups excluding carboxylic acids is 1. The SMILES string of the molecule is CC(C)Cn1c(=O)c(Cl)c(NC(=O)CO)c2cc(-c3ccc(Cl)cc3)c(-c3ccc(Cl)cc3Cl)nc21. The van der Waals surface area contributed by atoms with E-state index in [4.69, 9.17) is 51.4 Å². The van der Waals surface area contributed by atoms with Gasteiger partial charge in [-0.05, 0) is 47.9 Å². The molecule has 0 spiro atoms. The second-order valence-electron chi connectivity index (χ2n) is 8.59. The number of benzene rings is 2. The number of aromatic nitrogens is 2. The highest BCUT2D eigenvalue weighted by molar-refractivity contribution is 6.37. The molecule has 0 aliphatic rings. The number of nitrogens with one attached hydrogen (secondary N) is 1. The van der Waals surface area contributed by atoms with Crippen molar-refractivity contribution in [2.45, 2.75) is 20.4 Å². The van der Waals surface area contributed by atoms with Gasteiger partial charge in [-0.15, -0.1) is 0 Å². The van der Waals surface area contributed by atoms with Crippen molar-refractivity contribution in [1.29, 1.82) is 0 Å². The van der Waals surface area contributed by atoms with Gasteiger partial charge in [-0.25, -0.2) is 4.98 Å². The van der Waals surface area contributed by atoms with Gasteiger partial charge in [-0.2, -0.15) is 0 Å². The van der Waals surface area contributed by atoms with Crippen molar-refractivity contribution < 1.29 is 9.90 Å². The Morgan fingerprint density at radius 3 is 2.28 bits per heavy atom. The van der Waals surface area contributed by atoms with Gasteiger partial charge in [0, 0.05) is 33.1 Å². The summed E-state index contributed by atoms with van der Waals surface area (Å²) in [5.74, 6) is -0.614. The molecule has 2 aromatic carbocycles. The molecule has 4 aromatic rings. The Bertz CT molecular complexity index is 1530. The maximum atomic E-state index is 13.3. The number of anilines is 1. The molecule has 36 heavy (non-hydrogen) atoms. The fraction of sp³-hybridized carbons (Fsp3) is 0.192. The number of aliphatic hydroxyl groups is 1. The lowest BCUT2D eigenvalue weighted by molar-refractivity contribution is -0.118. The van der Waals surface area contributed by atoms with E-state index in [1.165, 1.54) is 4.57 Å². The molecule has 0 aliphatic carbocycles. The monoisotopic (exact) mass is 563 g/mol. The largest absolute Gasteiger partial charge is 0.387 e. The molecular weight excluding hydrogens is 544 g/mol. The van der Waals surface area contributed by atoms with Crippen molar-refractivity contribution in [1.82, 2.24) is 9.55 Å². The van der Waals surface area contributed by atoms with Crippen LogP contribution in [-0.2, 0) is 11.3 Å². The Hall–Kier alpha value is -2.61. The molecule has 0 atom stereocenters. The number of fused-ring (bicyclic) bond motifs is 1. The van der Waals surface area contributed by atoms with Crippen LogP contribution in [0.25, 0.3) is 33.4 Å². The van der Waals surface area contributed by atoms with Gasteiger partial charge in [0.1, 0.15) is 17.3 Å². The minimum atomic E-state index is -0.775. The highest BCUT2D eigenvalue weighted by Gasteiger charge is 2.23. The van der Waals surface area contributed by atoms with Gasteiger partial charge in [0.05, 0.1) is 16.4 Å². The van der Waals surface area contributed by atoms with E-state index in [0.29, 0.717) is 49.5 Å².